The fourth-order valence-electron chi connectivity index (χ4n) is 4.25. The number of nitrogens with two attached hydrogens (primary N) is 1. The number of aliphatic hydroxyl groups excluding tert-OH is 1. The maximum atomic E-state index is 12.5. The molecule has 3 N–H and O–H groups in total. The maximum absolute atomic E-state index is 12.5. The molecule has 6 nitrogen and oxygen atoms in total. The Morgan fingerprint density at radius 3 is 2.58 bits per heavy atom. The van der Waals surface area contributed by atoms with Gasteiger partial charge in [0, 0.05) is 29.4 Å². The molecule has 26 heavy (non-hydrogen) atoms. The molecular weight excluding hydrogens is 342 g/mol. The van der Waals surface area contributed by atoms with Crippen molar-refractivity contribution in [2.24, 2.45) is 11.8 Å². The van der Waals surface area contributed by atoms with E-state index in [2.05, 4.69) is 28.7 Å². The van der Waals surface area contributed by atoms with E-state index in [1.54, 1.807) is 0 Å². The smallest absolute Gasteiger partial charge is 0.387 e. The van der Waals surface area contributed by atoms with E-state index < -0.39 is 6.61 Å². The third-order valence-corrected chi connectivity index (χ3v) is 5.41. The largest absolute Gasteiger partial charge is 0.431 e. The minimum atomic E-state index is -2.96. The Kier molecular flexibility index (Phi) is 4.10. The summed E-state index contributed by atoms with van der Waals surface area (Å²) < 4.78 is 31.5. The third-order valence-electron chi connectivity index (χ3n) is 5.41. The molecular formula is C18H22F2N4O2. The zero-order chi connectivity index (χ0) is 18.6. The van der Waals surface area contributed by atoms with E-state index in [4.69, 9.17) is 5.73 Å². The molecule has 0 aromatic carbocycles. The highest BCUT2D eigenvalue weighted by atomic mass is 19.3. The first-order valence-electron chi connectivity index (χ1n) is 8.83. The Hall–Kier alpha value is -2.22. The second kappa shape index (κ2) is 6.19. The Bertz CT molecular complexity index is 812. The summed E-state index contributed by atoms with van der Waals surface area (Å²) in [6.45, 7) is 1.15. The van der Waals surface area contributed by atoms with E-state index in [0.29, 0.717) is 29.0 Å². The lowest BCUT2D eigenvalue weighted by molar-refractivity contribution is -0.0494. The number of pyridine rings is 1. The maximum Gasteiger partial charge on any atom is 0.387 e. The Balaban J connectivity index is 1.67. The van der Waals surface area contributed by atoms with Crippen LogP contribution in [0.25, 0.3) is 11.3 Å². The molecule has 2 heterocycles. The number of alkyl halides is 2. The Morgan fingerprint density at radius 1 is 1.27 bits per heavy atom. The molecule has 0 unspecified atom stereocenters. The molecule has 2 saturated carbocycles. The van der Waals surface area contributed by atoms with Gasteiger partial charge in [0.15, 0.2) is 11.6 Å². The van der Waals surface area contributed by atoms with Crippen LogP contribution in [0.5, 0.6) is 5.75 Å². The van der Waals surface area contributed by atoms with Crippen molar-refractivity contribution in [3.63, 3.8) is 0 Å². The quantitative estimate of drug-likeness (QED) is 0.851. The molecule has 2 aliphatic rings. The molecule has 4 atom stereocenters. The van der Waals surface area contributed by atoms with Gasteiger partial charge in [-0.15, -0.1) is 0 Å². The number of fused-ring (bicyclic) bond motifs is 1. The van der Waals surface area contributed by atoms with Crippen molar-refractivity contribution in [3.8, 4) is 17.0 Å². The molecule has 0 radical (unpaired) electrons. The van der Waals surface area contributed by atoms with E-state index in [0.717, 1.165) is 18.5 Å². The molecule has 0 spiro atoms. The summed E-state index contributed by atoms with van der Waals surface area (Å²) in [5.74, 6) is 1.19. The monoisotopic (exact) mass is 364 g/mol. The van der Waals surface area contributed by atoms with E-state index in [1.807, 2.05) is 10.7 Å². The van der Waals surface area contributed by atoms with E-state index in [-0.39, 0.29) is 23.7 Å². The topological polar surface area (TPSA) is 86.2 Å². The van der Waals surface area contributed by atoms with Crippen molar-refractivity contribution >= 4 is 5.82 Å². The van der Waals surface area contributed by atoms with Gasteiger partial charge in [0.05, 0.1) is 11.8 Å². The molecule has 140 valence electrons. The van der Waals surface area contributed by atoms with E-state index >= 15 is 0 Å². The number of anilines is 1. The van der Waals surface area contributed by atoms with Crippen molar-refractivity contribution in [1.29, 1.82) is 0 Å². The minimum absolute atomic E-state index is 0.0803. The summed E-state index contributed by atoms with van der Waals surface area (Å²) >= 11 is 0. The average molecular weight is 364 g/mol. The molecule has 2 aromatic rings. The SMILES string of the molecule is CC(C)n1nc(-c2cnc(N)c(OC(F)F)c2)cc1[C@H]1[C@@H]2C[C@H](O)C[C@@H]21. The van der Waals surface area contributed by atoms with Crippen LogP contribution in [0.15, 0.2) is 18.3 Å². The van der Waals surface area contributed by atoms with Gasteiger partial charge in [-0.2, -0.15) is 13.9 Å². The highest BCUT2D eigenvalue weighted by molar-refractivity contribution is 5.64. The molecule has 0 aliphatic heterocycles. The Morgan fingerprint density at radius 2 is 1.96 bits per heavy atom. The predicted molar refractivity (Wildman–Crippen MR) is 91.8 cm³/mol. The molecule has 0 amide bonds. The number of nitrogens with zero attached hydrogens (tertiary/aromatic N) is 3. The second-order valence-corrected chi connectivity index (χ2v) is 7.46. The van der Waals surface area contributed by atoms with Crippen LogP contribution < -0.4 is 10.5 Å². The van der Waals surface area contributed by atoms with Gasteiger partial charge in [-0.05, 0) is 50.7 Å². The number of aliphatic hydroxyl groups is 1. The summed E-state index contributed by atoms with van der Waals surface area (Å²) in [4.78, 5) is 3.96. The van der Waals surface area contributed by atoms with Gasteiger partial charge in [-0.25, -0.2) is 4.98 Å². The zero-order valence-electron chi connectivity index (χ0n) is 14.6. The average Bonchev–Trinajstić information content (AvgIpc) is 2.94. The molecule has 4 rings (SSSR count). The van der Waals surface area contributed by atoms with Gasteiger partial charge < -0.3 is 15.6 Å². The number of nitrogen functional groups attached to an aromatic ring is 1. The highest BCUT2D eigenvalue weighted by Gasteiger charge is 2.57. The molecule has 2 aliphatic carbocycles. The summed E-state index contributed by atoms with van der Waals surface area (Å²) in [5, 5.41) is 14.4. The van der Waals surface area contributed by atoms with Crippen molar-refractivity contribution in [1.82, 2.24) is 14.8 Å². The first-order chi connectivity index (χ1) is 12.3. The van der Waals surface area contributed by atoms with Crippen molar-refractivity contribution < 1.29 is 18.6 Å². The number of hydrogen-bond donors (Lipinski definition) is 2. The van der Waals surface area contributed by atoms with Gasteiger partial charge >= 0.3 is 6.61 Å². The fraction of sp³-hybridized carbons (Fsp3) is 0.556. The lowest BCUT2D eigenvalue weighted by atomic mass is 10.1. The second-order valence-electron chi connectivity index (χ2n) is 7.46. The predicted octanol–water partition coefficient (Wildman–Crippen LogP) is 3.19. The summed E-state index contributed by atoms with van der Waals surface area (Å²) in [6.07, 6.45) is 3.00. The number of rotatable bonds is 5. The van der Waals surface area contributed by atoms with Crippen molar-refractivity contribution in [3.05, 3.63) is 24.0 Å². The molecule has 8 heteroatoms. The van der Waals surface area contributed by atoms with Crippen LogP contribution in [0.3, 0.4) is 0 Å². The van der Waals surface area contributed by atoms with Crippen LogP contribution in [0.2, 0.25) is 0 Å². The summed E-state index contributed by atoms with van der Waals surface area (Å²) in [6, 6.07) is 3.61. The summed E-state index contributed by atoms with van der Waals surface area (Å²) in [7, 11) is 0. The van der Waals surface area contributed by atoms with Crippen molar-refractivity contribution in [2.75, 3.05) is 5.73 Å². The number of halogens is 2. The number of aromatic nitrogens is 3. The molecule has 0 bridgehead atoms. The Labute approximate surface area is 150 Å². The van der Waals surface area contributed by atoms with Gasteiger partial charge in [0.25, 0.3) is 0 Å². The van der Waals surface area contributed by atoms with Crippen LogP contribution >= 0.6 is 0 Å². The van der Waals surface area contributed by atoms with Gasteiger partial charge in [-0.1, -0.05) is 0 Å². The third kappa shape index (κ3) is 2.92. The van der Waals surface area contributed by atoms with Gasteiger partial charge in [-0.3, -0.25) is 4.68 Å². The van der Waals surface area contributed by atoms with Crippen LogP contribution in [0, 0.1) is 11.8 Å². The first-order valence-corrected chi connectivity index (χ1v) is 8.83. The van der Waals surface area contributed by atoms with Crippen LogP contribution in [-0.2, 0) is 0 Å². The molecule has 0 saturated heterocycles. The normalized spacial score (nSPS) is 27.2. The molecule has 2 fully saturated rings. The van der Waals surface area contributed by atoms with E-state index in [1.165, 1.54) is 12.3 Å². The van der Waals surface area contributed by atoms with Gasteiger partial charge in [0.1, 0.15) is 0 Å². The standard InChI is InChI=1S/C18H22F2N4O2/c1-8(2)24-14(16-11-4-10(25)5-12(11)16)6-13(23-24)9-3-15(26-18(19)20)17(21)22-7-9/h3,6-8,10-12,16,18,25H,4-5H2,1-2H3,(H2,21,22)/t10-,11+,12-,16-. The summed E-state index contributed by atoms with van der Waals surface area (Å²) in [5.41, 5.74) is 7.99. The van der Waals surface area contributed by atoms with Gasteiger partial charge in [0.2, 0.25) is 0 Å². The zero-order valence-corrected chi connectivity index (χ0v) is 14.6. The number of hydrogen-bond acceptors (Lipinski definition) is 5. The number of ether oxygens (including phenoxy) is 1. The first kappa shape index (κ1) is 17.2. The van der Waals surface area contributed by atoms with E-state index in [9.17, 15) is 13.9 Å². The fourth-order valence-corrected chi connectivity index (χ4v) is 4.25. The molecule has 2 aromatic heterocycles. The minimum Gasteiger partial charge on any atom is -0.431 e. The van der Waals surface area contributed by atoms with Crippen LogP contribution in [-0.4, -0.2) is 32.6 Å². The lowest BCUT2D eigenvalue weighted by Crippen LogP contribution is -2.10. The highest BCUT2D eigenvalue weighted by Crippen LogP contribution is 2.63. The van der Waals surface area contributed by atoms with Crippen molar-refractivity contribution in [2.45, 2.75) is 51.4 Å². The van der Waals surface area contributed by atoms with Crippen LogP contribution in [0.1, 0.15) is 44.3 Å². The van der Waals surface area contributed by atoms with Crippen LogP contribution in [0.4, 0.5) is 14.6 Å². The lowest BCUT2D eigenvalue weighted by Gasteiger charge is -2.13.